The minimum absolute atomic E-state index is 0.361. The van der Waals surface area contributed by atoms with Crippen molar-refractivity contribution in [3.8, 4) is 0 Å². The van der Waals surface area contributed by atoms with Gasteiger partial charge in [0.05, 0.1) is 5.69 Å². The topological polar surface area (TPSA) is 65.2 Å². The van der Waals surface area contributed by atoms with Crippen LogP contribution >= 0.6 is 0 Å². The third-order valence-corrected chi connectivity index (χ3v) is 2.91. The lowest BCUT2D eigenvalue weighted by atomic mass is 10.1. The lowest BCUT2D eigenvalue weighted by Crippen LogP contribution is -2.11. The maximum Gasteiger partial charge on any atom is 0.344 e. The summed E-state index contributed by atoms with van der Waals surface area (Å²) in [6, 6.07) is 3.67. The lowest BCUT2D eigenvalue weighted by molar-refractivity contribution is 0.0334. The first-order valence-electron chi connectivity index (χ1n) is 6.19. The van der Waals surface area contributed by atoms with Crippen molar-refractivity contribution in [1.29, 1.82) is 0 Å². The zero-order valence-electron chi connectivity index (χ0n) is 11.2. The largest absolute Gasteiger partial charge is 0.454 e. The van der Waals surface area contributed by atoms with Crippen LogP contribution in [-0.4, -0.2) is 16.1 Å². The van der Waals surface area contributed by atoms with Gasteiger partial charge in [-0.05, 0) is 26.3 Å². The van der Waals surface area contributed by atoms with E-state index in [1.807, 2.05) is 26.0 Å². The number of ether oxygens (including phenoxy) is 1. The molecule has 0 aliphatic rings. The summed E-state index contributed by atoms with van der Waals surface area (Å²) >= 11 is 0. The second-order valence-electron chi connectivity index (χ2n) is 4.25. The first-order chi connectivity index (χ1) is 9.13. The number of pyridine rings is 1. The van der Waals surface area contributed by atoms with Crippen molar-refractivity contribution in [2.75, 3.05) is 0 Å². The fourth-order valence-electron chi connectivity index (χ4n) is 1.82. The van der Waals surface area contributed by atoms with Crippen LogP contribution in [-0.2, 0) is 11.2 Å². The highest BCUT2D eigenvalue weighted by Gasteiger charge is 2.22. The fraction of sp³-hybridized carbons (Fsp3) is 0.357. The predicted molar refractivity (Wildman–Crippen MR) is 68.7 cm³/mol. The van der Waals surface area contributed by atoms with Crippen molar-refractivity contribution in [1.82, 2.24) is 10.1 Å². The van der Waals surface area contributed by atoms with E-state index < -0.39 is 5.97 Å². The van der Waals surface area contributed by atoms with Crippen molar-refractivity contribution in [3.05, 3.63) is 47.1 Å². The van der Waals surface area contributed by atoms with E-state index in [0.717, 1.165) is 5.56 Å². The number of hydrogen-bond donors (Lipinski definition) is 0. The summed E-state index contributed by atoms with van der Waals surface area (Å²) in [5.74, 6) is 0.0761. The number of aromatic nitrogens is 2. The molecule has 2 rings (SSSR count). The Bertz CT molecular complexity index is 563. The second-order valence-corrected chi connectivity index (χ2v) is 4.25. The van der Waals surface area contributed by atoms with Gasteiger partial charge in [-0.3, -0.25) is 4.98 Å². The van der Waals surface area contributed by atoms with Crippen LogP contribution in [0.1, 0.15) is 47.3 Å². The van der Waals surface area contributed by atoms with Gasteiger partial charge in [0.25, 0.3) is 0 Å². The molecule has 0 fully saturated rings. The van der Waals surface area contributed by atoms with Gasteiger partial charge in [-0.25, -0.2) is 4.79 Å². The summed E-state index contributed by atoms with van der Waals surface area (Å²) in [6.45, 7) is 5.43. The van der Waals surface area contributed by atoms with E-state index in [-0.39, 0.29) is 6.10 Å². The van der Waals surface area contributed by atoms with E-state index in [1.165, 1.54) is 0 Å². The Balaban J connectivity index is 2.15. The molecule has 0 saturated carbocycles. The number of esters is 1. The molecule has 5 nitrogen and oxygen atoms in total. The summed E-state index contributed by atoms with van der Waals surface area (Å²) in [7, 11) is 0. The quantitative estimate of drug-likeness (QED) is 0.791. The standard InChI is InChI=1S/C14H16N2O3/c1-4-12-13(10(3)19-16-12)14(17)18-9(2)11-6-5-7-15-8-11/h5-9H,4H2,1-3H3/t9-/m0/s1. The molecule has 0 unspecified atom stereocenters. The van der Waals surface area contributed by atoms with E-state index >= 15 is 0 Å². The van der Waals surface area contributed by atoms with E-state index in [4.69, 9.17) is 9.26 Å². The third-order valence-electron chi connectivity index (χ3n) is 2.91. The van der Waals surface area contributed by atoms with E-state index in [1.54, 1.807) is 19.3 Å². The number of aryl methyl sites for hydroxylation is 2. The first kappa shape index (κ1) is 13.3. The summed E-state index contributed by atoms with van der Waals surface area (Å²) in [4.78, 5) is 16.2. The molecule has 0 aliphatic heterocycles. The number of carbonyl (C=O) groups is 1. The molecule has 0 aliphatic carbocycles. The Hall–Kier alpha value is -2.17. The van der Waals surface area contributed by atoms with Crippen LogP contribution < -0.4 is 0 Å². The molecule has 0 bridgehead atoms. The molecule has 2 aromatic heterocycles. The SMILES string of the molecule is CCc1noc(C)c1C(=O)O[C@@H](C)c1cccnc1. The van der Waals surface area contributed by atoms with Crippen LogP contribution in [0.2, 0.25) is 0 Å². The highest BCUT2D eigenvalue weighted by atomic mass is 16.5. The maximum atomic E-state index is 12.1. The van der Waals surface area contributed by atoms with Crippen LogP contribution in [0.4, 0.5) is 0 Å². The minimum atomic E-state index is -0.410. The van der Waals surface area contributed by atoms with Gasteiger partial charge in [0.2, 0.25) is 0 Å². The number of hydrogen-bond acceptors (Lipinski definition) is 5. The van der Waals surface area contributed by atoms with Gasteiger partial charge in [0.1, 0.15) is 17.4 Å². The van der Waals surface area contributed by atoms with Crippen LogP contribution in [0.5, 0.6) is 0 Å². The highest BCUT2D eigenvalue weighted by molar-refractivity contribution is 5.91. The summed E-state index contributed by atoms with van der Waals surface area (Å²) in [6.07, 6.45) is 3.62. The Morgan fingerprint density at radius 1 is 1.53 bits per heavy atom. The van der Waals surface area contributed by atoms with Gasteiger partial charge in [-0.1, -0.05) is 18.1 Å². The van der Waals surface area contributed by atoms with Crippen LogP contribution in [0.25, 0.3) is 0 Å². The molecule has 0 N–H and O–H groups in total. The van der Waals surface area contributed by atoms with Crippen LogP contribution in [0, 0.1) is 6.92 Å². The first-order valence-corrected chi connectivity index (χ1v) is 6.19. The van der Waals surface area contributed by atoms with Crippen molar-refractivity contribution < 1.29 is 14.1 Å². The molecule has 1 atom stereocenters. The molecule has 0 amide bonds. The molecular formula is C14H16N2O3. The maximum absolute atomic E-state index is 12.1. The van der Waals surface area contributed by atoms with Gasteiger partial charge in [-0.15, -0.1) is 0 Å². The van der Waals surface area contributed by atoms with Crippen molar-refractivity contribution in [3.63, 3.8) is 0 Å². The van der Waals surface area contributed by atoms with Gasteiger partial charge >= 0.3 is 5.97 Å². The van der Waals surface area contributed by atoms with E-state index in [2.05, 4.69) is 10.1 Å². The molecular weight excluding hydrogens is 244 g/mol. The van der Waals surface area contributed by atoms with Crippen LogP contribution in [0.3, 0.4) is 0 Å². The zero-order valence-corrected chi connectivity index (χ0v) is 11.2. The molecule has 19 heavy (non-hydrogen) atoms. The normalized spacial score (nSPS) is 12.2. The lowest BCUT2D eigenvalue weighted by Gasteiger charge is -2.12. The molecule has 2 aromatic rings. The second kappa shape index (κ2) is 5.65. The van der Waals surface area contributed by atoms with Gasteiger partial charge < -0.3 is 9.26 Å². The monoisotopic (exact) mass is 260 g/mol. The average molecular weight is 260 g/mol. The molecule has 0 spiro atoms. The van der Waals surface area contributed by atoms with Crippen molar-refractivity contribution >= 4 is 5.97 Å². The molecule has 0 saturated heterocycles. The van der Waals surface area contributed by atoms with Gasteiger partial charge in [0.15, 0.2) is 0 Å². The van der Waals surface area contributed by atoms with Gasteiger partial charge in [-0.2, -0.15) is 0 Å². The Morgan fingerprint density at radius 2 is 2.32 bits per heavy atom. The Morgan fingerprint density at radius 3 is 2.95 bits per heavy atom. The minimum Gasteiger partial charge on any atom is -0.454 e. The Labute approximate surface area is 111 Å². The summed E-state index contributed by atoms with van der Waals surface area (Å²) in [5, 5.41) is 3.85. The smallest absolute Gasteiger partial charge is 0.344 e. The molecule has 5 heteroatoms. The summed E-state index contributed by atoms with van der Waals surface area (Å²) < 4.78 is 10.5. The van der Waals surface area contributed by atoms with Gasteiger partial charge in [0, 0.05) is 18.0 Å². The van der Waals surface area contributed by atoms with E-state index in [0.29, 0.717) is 23.4 Å². The predicted octanol–water partition coefficient (Wildman–Crippen LogP) is 2.86. The number of carbonyl (C=O) groups excluding carboxylic acids is 1. The number of nitrogens with zero attached hydrogens (tertiary/aromatic N) is 2. The fourth-order valence-corrected chi connectivity index (χ4v) is 1.82. The zero-order chi connectivity index (χ0) is 13.8. The molecule has 2 heterocycles. The number of rotatable bonds is 4. The van der Waals surface area contributed by atoms with Crippen molar-refractivity contribution in [2.24, 2.45) is 0 Å². The van der Waals surface area contributed by atoms with Crippen LogP contribution in [0.15, 0.2) is 29.0 Å². The molecule has 0 radical (unpaired) electrons. The summed E-state index contributed by atoms with van der Waals surface area (Å²) in [5.41, 5.74) is 1.90. The Kier molecular flexibility index (Phi) is 3.94. The molecule has 0 aromatic carbocycles. The van der Waals surface area contributed by atoms with E-state index in [9.17, 15) is 4.79 Å². The average Bonchev–Trinajstić information content (AvgIpc) is 2.80. The van der Waals surface area contributed by atoms with Crippen molar-refractivity contribution in [2.45, 2.75) is 33.3 Å². The molecule has 100 valence electrons. The third kappa shape index (κ3) is 2.81. The highest BCUT2D eigenvalue weighted by Crippen LogP contribution is 2.21.